The molecule has 2 aliphatic rings. The van der Waals surface area contributed by atoms with Gasteiger partial charge in [0, 0.05) is 23.8 Å². The molecule has 0 unspecified atom stereocenters. The van der Waals surface area contributed by atoms with Gasteiger partial charge in [0.05, 0.1) is 24.8 Å². The van der Waals surface area contributed by atoms with Gasteiger partial charge in [-0.25, -0.2) is 4.79 Å². The number of fused-ring (bicyclic) bond motifs is 3. The van der Waals surface area contributed by atoms with Crippen molar-refractivity contribution in [3.8, 4) is 0 Å². The zero-order valence-electron chi connectivity index (χ0n) is 13.9. The van der Waals surface area contributed by atoms with Gasteiger partial charge in [-0.2, -0.15) is 0 Å². The predicted molar refractivity (Wildman–Crippen MR) is 92.1 cm³/mol. The molecule has 124 valence electrons. The fraction of sp³-hybridized carbons (Fsp3) is 0.350. The van der Waals surface area contributed by atoms with Crippen molar-refractivity contribution in [1.82, 2.24) is 0 Å². The topological polar surface area (TPSA) is 47.6 Å². The Labute approximate surface area is 141 Å². The highest BCUT2D eigenvalue weighted by atomic mass is 16.5. The maximum Gasteiger partial charge on any atom is 0.337 e. The van der Waals surface area contributed by atoms with Gasteiger partial charge in [0.15, 0.2) is 0 Å². The van der Waals surface area contributed by atoms with E-state index in [4.69, 9.17) is 9.47 Å². The van der Waals surface area contributed by atoms with Crippen LogP contribution in [0.3, 0.4) is 0 Å². The number of benzene rings is 2. The molecule has 2 aliphatic heterocycles. The Morgan fingerprint density at radius 2 is 2.00 bits per heavy atom. The van der Waals surface area contributed by atoms with E-state index in [-0.39, 0.29) is 18.1 Å². The molecule has 0 spiro atoms. The summed E-state index contributed by atoms with van der Waals surface area (Å²) in [5.41, 5.74) is 5.41. The van der Waals surface area contributed by atoms with Gasteiger partial charge in [0.25, 0.3) is 0 Å². The number of ether oxygens (including phenoxy) is 2. The first kappa shape index (κ1) is 15.2. The van der Waals surface area contributed by atoms with Crippen molar-refractivity contribution in [1.29, 1.82) is 0 Å². The highest BCUT2D eigenvalue weighted by Gasteiger charge is 2.41. The average molecular weight is 323 g/mol. The third kappa shape index (κ3) is 2.47. The average Bonchev–Trinajstić information content (AvgIpc) is 3.11. The second kappa shape index (κ2) is 5.95. The molecule has 2 aromatic rings. The van der Waals surface area contributed by atoms with Crippen LogP contribution in [0.15, 0.2) is 42.5 Å². The Morgan fingerprint density at radius 3 is 2.75 bits per heavy atom. The summed E-state index contributed by atoms with van der Waals surface area (Å²) in [6.07, 6.45) is 1.18. The number of nitrogens with one attached hydrogen (secondary N) is 1. The van der Waals surface area contributed by atoms with Crippen LogP contribution in [0.1, 0.15) is 45.6 Å². The van der Waals surface area contributed by atoms with Gasteiger partial charge < -0.3 is 14.8 Å². The van der Waals surface area contributed by atoms with Gasteiger partial charge in [-0.05, 0) is 37.1 Å². The molecule has 1 N–H and O–H groups in total. The molecule has 1 saturated heterocycles. The Hall–Kier alpha value is -2.33. The molecule has 0 radical (unpaired) electrons. The molecule has 0 bridgehead atoms. The van der Waals surface area contributed by atoms with Crippen LogP contribution in [0.4, 0.5) is 5.69 Å². The van der Waals surface area contributed by atoms with Gasteiger partial charge in [0.1, 0.15) is 0 Å². The van der Waals surface area contributed by atoms with Crippen molar-refractivity contribution < 1.29 is 14.3 Å². The lowest BCUT2D eigenvalue weighted by Crippen LogP contribution is -2.29. The standard InChI is InChI=1S/C20H21NO3/c1-12-3-8-17-16(11-12)19-15(9-10-24-19)18(21-17)13-4-6-14(7-5-13)20(22)23-2/h3-8,11,15,18-19,21H,9-10H2,1-2H3/t15-,18-,19+/m0/s1. The second-order valence-corrected chi connectivity index (χ2v) is 6.57. The number of carbonyl (C=O) groups is 1. The number of methoxy groups -OCH3 is 1. The first-order valence-corrected chi connectivity index (χ1v) is 8.34. The highest BCUT2D eigenvalue weighted by molar-refractivity contribution is 5.89. The Balaban J connectivity index is 1.68. The molecule has 0 saturated carbocycles. The number of esters is 1. The van der Waals surface area contributed by atoms with Crippen molar-refractivity contribution in [2.45, 2.75) is 25.5 Å². The lowest BCUT2D eigenvalue weighted by Gasteiger charge is -2.36. The summed E-state index contributed by atoms with van der Waals surface area (Å²) in [4.78, 5) is 11.6. The van der Waals surface area contributed by atoms with Gasteiger partial charge in [-0.15, -0.1) is 0 Å². The highest BCUT2D eigenvalue weighted by Crippen LogP contribution is 2.49. The molecule has 0 amide bonds. The predicted octanol–water partition coefficient (Wildman–Crippen LogP) is 4.03. The van der Waals surface area contributed by atoms with E-state index < -0.39 is 0 Å². The molecule has 4 heteroatoms. The largest absolute Gasteiger partial charge is 0.465 e. The Bertz CT molecular complexity index is 769. The van der Waals surface area contributed by atoms with Gasteiger partial charge >= 0.3 is 5.97 Å². The van der Waals surface area contributed by atoms with Crippen LogP contribution in [0.5, 0.6) is 0 Å². The molecule has 4 rings (SSSR count). The monoisotopic (exact) mass is 323 g/mol. The van der Waals surface area contributed by atoms with E-state index in [1.54, 1.807) is 0 Å². The summed E-state index contributed by atoms with van der Waals surface area (Å²) in [5.74, 6) is 0.101. The lowest BCUT2D eigenvalue weighted by atomic mass is 9.80. The van der Waals surface area contributed by atoms with Crippen LogP contribution in [0.2, 0.25) is 0 Å². The number of carbonyl (C=O) groups excluding carboxylic acids is 1. The molecule has 2 aromatic carbocycles. The molecular formula is C20H21NO3. The van der Waals surface area contributed by atoms with Gasteiger partial charge in [-0.3, -0.25) is 0 Å². The molecule has 24 heavy (non-hydrogen) atoms. The minimum Gasteiger partial charge on any atom is -0.465 e. The van der Waals surface area contributed by atoms with E-state index in [1.807, 2.05) is 24.3 Å². The summed E-state index contributed by atoms with van der Waals surface area (Å²) in [5, 5.41) is 3.68. The quantitative estimate of drug-likeness (QED) is 0.848. The third-order valence-corrected chi connectivity index (χ3v) is 5.08. The van der Waals surface area contributed by atoms with E-state index in [2.05, 4.69) is 30.4 Å². The molecule has 0 aromatic heterocycles. The van der Waals surface area contributed by atoms with Gasteiger partial charge in [-0.1, -0.05) is 29.8 Å². The van der Waals surface area contributed by atoms with Crippen LogP contribution in [-0.4, -0.2) is 19.7 Å². The third-order valence-electron chi connectivity index (χ3n) is 5.08. The smallest absolute Gasteiger partial charge is 0.337 e. The number of rotatable bonds is 2. The molecule has 4 nitrogen and oxygen atoms in total. The van der Waals surface area contributed by atoms with Crippen LogP contribution < -0.4 is 5.32 Å². The molecule has 3 atom stereocenters. The van der Waals surface area contributed by atoms with Crippen LogP contribution in [0.25, 0.3) is 0 Å². The first-order chi connectivity index (χ1) is 11.7. The van der Waals surface area contributed by atoms with Crippen molar-refractivity contribution in [3.05, 3.63) is 64.7 Å². The summed E-state index contributed by atoms with van der Waals surface area (Å²) in [7, 11) is 1.40. The van der Waals surface area contributed by atoms with E-state index in [9.17, 15) is 4.79 Å². The maximum atomic E-state index is 11.6. The summed E-state index contributed by atoms with van der Waals surface area (Å²) < 4.78 is 10.8. The van der Waals surface area contributed by atoms with Crippen molar-refractivity contribution in [3.63, 3.8) is 0 Å². The summed E-state index contributed by atoms with van der Waals surface area (Å²) in [6.45, 7) is 2.91. The van der Waals surface area contributed by atoms with E-state index in [1.165, 1.54) is 23.8 Å². The van der Waals surface area contributed by atoms with E-state index >= 15 is 0 Å². The minimum absolute atomic E-state index is 0.145. The number of aryl methyl sites for hydroxylation is 1. The second-order valence-electron chi connectivity index (χ2n) is 6.57. The number of hydrogen-bond donors (Lipinski definition) is 1. The zero-order chi connectivity index (χ0) is 16.7. The van der Waals surface area contributed by atoms with Crippen molar-refractivity contribution in [2.24, 2.45) is 5.92 Å². The lowest BCUT2D eigenvalue weighted by molar-refractivity contribution is 0.0600. The van der Waals surface area contributed by atoms with E-state index in [0.29, 0.717) is 11.5 Å². The number of anilines is 1. The Kier molecular flexibility index (Phi) is 3.77. The van der Waals surface area contributed by atoms with Crippen LogP contribution >= 0.6 is 0 Å². The SMILES string of the molecule is COC(=O)c1ccc([C@@H]2Nc3ccc(C)cc3[C@@H]3OCC[C@@H]23)cc1. The number of hydrogen-bond acceptors (Lipinski definition) is 4. The van der Waals surface area contributed by atoms with E-state index in [0.717, 1.165) is 18.7 Å². The summed E-state index contributed by atoms with van der Waals surface area (Å²) >= 11 is 0. The van der Waals surface area contributed by atoms with Crippen LogP contribution in [-0.2, 0) is 9.47 Å². The molecule has 1 fully saturated rings. The summed E-state index contributed by atoms with van der Waals surface area (Å²) in [6, 6.07) is 14.4. The Morgan fingerprint density at radius 1 is 1.21 bits per heavy atom. The minimum atomic E-state index is -0.305. The maximum absolute atomic E-state index is 11.6. The molecule has 0 aliphatic carbocycles. The fourth-order valence-corrected chi connectivity index (χ4v) is 3.87. The van der Waals surface area contributed by atoms with Crippen LogP contribution in [0, 0.1) is 12.8 Å². The van der Waals surface area contributed by atoms with Crippen molar-refractivity contribution in [2.75, 3.05) is 19.0 Å². The fourth-order valence-electron chi connectivity index (χ4n) is 3.87. The normalized spacial score (nSPS) is 24.7. The van der Waals surface area contributed by atoms with Gasteiger partial charge in [0.2, 0.25) is 0 Å². The van der Waals surface area contributed by atoms with Crippen molar-refractivity contribution >= 4 is 11.7 Å². The first-order valence-electron chi connectivity index (χ1n) is 8.34. The molecule has 2 heterocycles. The molecular weight excluding hydrogens is 302 g/mol. The zero-order valence-corrected chi connectivity index (χ0v) is 13.9.